The Bertz CT molecular complexity index is 1120. The minimum absolute atomic E-state index is 0.319. The van der Waals surface area contributed by atoms with Crippen LogP contribution in [0.5, 0.6) is 11.5 Å². The molecule has 0 bridgehead atoms. The molecule has 0 atom stereocenters. The molecule has 0 saturated carbocycles. The lowest BCUT2D eigenvalue weighted by Gasteiger charge is -2.12. The van der Waals surface area contributed by atoms with E-state index >= 15 is 0 Å². The molecule has 3 rings (SSSR count). The lowest BCUT2D eigenvalue weighted by molar-refractivity contribution is 0.101. The second kappa shape index (κ2) is 8.28. The third-order valence-electron chi connectivity index (χ3n) is 3.72. The number of carbonyl (C=O) groups excluding carboxylic acids is 1. The van der Waals surface area contributed by atoms with E-state index in [9.17, 15) is 14.7 Å². The van der Waals surface area contributed by atoms with Gasteiger partial charge in [-0.1, -0.05) is 12.1 Å². The Morgan fingerprint density at radius 2 is 1.96 bits per heavy atom. The molecule has 0 radical (unpaired) electrons. The molecular formula is C19H14N4O4S. The van der Waals surface area contributed by atoms with Gasteiger partial charge >= 0.3 is 0 Å². The van der Waals surface area contributed by atoms with Crippen LogP contribution in [-0.2, 0) is 0 Å². The van der Waals surface area contributed by atoms with E-state index in [1.807, 2.05) is 5.40 Å². The number of thioether (sulfide) groups is 1. The third kappa shape index (κ3) is 3.97. The molecule has 0 spiro atoms. The molecule has 2 aromatic carbocycles. The second-order valence-corrected chi connectivity index (χ2v) is 6.33. The summed E-state index contributed by atoms with van der Waals surface area (Å²) in [5, 5.41) is 27.3. The highest BCUT2D eigenvalue weighted by molar-refractivity contribution is 8.03. The van der Waals surface area contributed by atoms with Gasteiger partial charge in [0.2, 0.25) is 0 Å². The fourth-order valence-corrected chi connectivity index (χ4v) is 2.81. The number of anilines is 1. The Labute approximate surface area is 164 Å². The molecule has 0 saturated heterocycles. The van der Waals surface area contributed by atoms with Gasteiger partial charge in [-0.25, -0.2) is 0 Å². The van der Waals surface area contributed by atoms with Crippen molar-refractivity contribution in [1.29, 1.82) is 5.26 Å². The number of nitrogens with zero attached hydrogens (tertiary/aromatic N) is 3. The molecule has 3 aromatic rings. The second-order valence-electron chi connectivity index (χ2n) is 5.47. The van der Waals surface area contributed by atoms with Gasteiger partial charge in [-0.3, -0.25) is 9.59 Å². The van der Waals surface area contributed by atoms with Crippen molar-refractivity contribution in [3.63, 3.8) is 0 Å². The number of para-hydroxylation sites is 2. The zero-order valence-electron chi connectivity index (χ0n) is 14.6. The smallest absolute Gasteiger partial charge is 0.279 e. The molecule has 1 amide bonds. The van der Waals surface area contributed by atoms with Crippen molar-refractivity contribution in [1.82, 2.24) is 9.78 Å². The van der Waals surface area contributed by atoms with Crippen molar-refractivity contribution in [2.75, 3.05) is 12.4 Å². The van der Waals surface area contributed by atoms with Crippen LogP contribution >= 0.6 is 11.8 Å². The van der Waals surface area contributed by atoms with E-state index in [1.54, 1.807) is 48.5 Å². The summed E-state index contributed by atoms with van der Waals surface area (Å²) in [6.07, 6.45) is 0. The van der Waals surface area contributed by atoms with Crippen molar-refractivity contribution in [3.05, 3.63) is 70.6 Å². The maximum Gasteiger partial charge on any atom is 0.279 e. The largest absolute Gasteiger partial charge is 0.505 e. The van der Waals surface area contributed by atoms with Gasteiger partial charge in [0.05, 0.1) is 7.11 Å². The molecule has 8 nitrogen and oxygen atoms in total. The van der Waals surface area contributed by atoms with E-state index in [0.29, 0.717) is 17.1 Å². The van der Waals surface area contributed by atoms with Crippen molar-refractivity contribution < 1.29 is 14.6 Å². The SMILES string of the molecule is COc1ccccc1-n1nc(C(=O)Nc2ccc(SC#N)cc2)c(O)cc1=O. The number of aromatic hydroxyl groups is 1. The summed E-state index contributed by atoms with van der Waals surface area (Å²) in [6, 6.07) is 14.2. The van der Waals surface area contributed by atoms with E-state index in [2.05, 4.69) is 10.4 Å². The highest BCUT2D eigenvalue weighted by Gasteiger charge is 2.18. The quantitative estimate of drug-likeness (QED) is 0.505. The molecule has 0 unspecified atom stereocenters. The number of thiocyanates is 1. The fraction of sp³-hybridized carbons (Fsp3) is 0.0526. The lowest BCUT2D eigenvalue weighted by atomic mass is 10.2. The first-order valence-electron chi connectivity index (χ1n) is 7.97. The molecule has 1 aromatic heterocycles. The zero-order valence-corrected chi connectivity index (χ0v) is 15.4. The Balaban J connectivity index is 1.94. The predicted octanol–water partition coefficient (Wildman–Crippen LogP) is 2.77. The first-order chi connectivity index (χ1) is 13.5. The van der Waals surface area contributed by atoms with Gasteiger partial charge in [0, 0.05) is 16.6 Å². The van der Waals surface area contributed by atoms with Crippen LogP contribution in [0.3, 0.4) is 0 Å². The summed E-state index contributed by atoms with van der Waals surface area (Å²) in [5.74, 6) is -0.841. The van der Waals surface area contributed by atoms with Crippen LogP contribution in [0.25, 0.3) is 5.69 Å². The number of amides is 1. The maximum absolute atomic E-state index is 12.6. The van der Waals surface area contributed by atoms with E-state index in [1.165, 1.54) is 7.11 Å². The van der Waals surface area contributed by atoms with Crippen LogP contribution in [-0.4, -0.2) is 27.9 Å². The standard InChI is InChI=1S/C19H14N4O4S/c1-27-16-5-3-2-4-14(16)23-17(25)10-15(24)18(22-23)19(26)21-12-6-8-13(9-7-12)28-11-20/h2-10,24H,1H3,(H,21,26). The van der Waals surface area contributed by atoms with Crippen molar-refractivity contribution in [3.8, 4) is 22.6 Å². The number of benzene rings is 2. The first kappa shape index (κ1) is 19.0. The highest BCUT2D eigenvalue weighted by Crippen LogP contribution is 2.22. The number of methoxy groups -OCH3 is 1. The Hall–Kier alpha value is -3.77. The number of ether oxygens (including phenoxy) is 1. The Morgan fingerprint density at radius 1 is 1.25 bits per heavy atom. The molecule has 0 fully saturated rings. The summed E-state index contributed by atoms with van der Waals surface area (Å²) >= 11 is 0.997. The fourth-order valence-electron chi connectivity index (χ4n) is 2.44. The van der Waals surface area contributed by atoms with Gasteiger partial charge in [-0.2, -0.15) is 15.0 Å². The van der Waals surface area contributed by atoms with Gasteiger partial charge < -0.3 is 15.2 Å². The molecule has 28 heavy (non-hydrogen) atoms. The van der Waals surface area contributed by atoms with E-state index in [0.717, 1.165) is 27.4 Å². The van der Waals surface area contributed by atoms with Crippen LogP contribution in [0.2, 0.25) is 0 Å². The molecule has 9 heteroatoms. The van der Waals surface area contributed by atoms with Gasteiger partial charge in [-0.15, -0.1) is 0 Å². The van der Waals surface area contributed by atoms with Crippen LogP contribution in [0.1, 0.15) is 10.5 Å². The summed E-state index contributed by atoms with van der Waals surface area (Å²) < 4.78 is 6.21. The van der Waals surface area contributed by atoms with Gasteiger partial charge in [-0.05, 0) is 48.2 Å². The molecule has 0 aliphatic rings. The number of carbonyl (C=O) groups is 1. The number of rotatable bonds is 5. The summed E-state index contributed by atoms with van der Waals surface area (Å²) in [5.41, 5.74) is -0.150. The predicted molar refractivity (Wildman–Crippen MR) is 104 cm³/mol. The lowest BCUT2D eigenvalue weighted by Crippen LogP contribution is -2.25. The molecule has 1 heterocycles. The Kier molecular flexibility index (Phi) is 5.62. The molecule has 0 aliphatic heterocycles. The van der Waals surface area contributed by atoms with Gasteiger partial charge in [0.1, 0.15) is 16.8 Å². The summed E-state index contributed by atoms with van der Waals surface area (Å²) in [4.78, 5) is 25.6. The number of nitriles is 1. The molecule has 2 N–H and O–H groups in total. The molecule has 0 aliphatic carbocycles. The Morgan fingerprint density at radius 3 is 2.64 bits per heavy atom. The highest BCUT2D eigenvalue weighted by atomic mass is 32.2. The molecular weight excluding hydrogens is 380 g/mol. The van der Waals surface area contributed by atoms with Gasteiger partial charge in [0.25, 0.3) is 11.5 Å². The average molecular weight is 394 g/mol. The normalized spacial score (nSPS) is 10.1. The van der Waals surface area contributed by atoms with Crippen molar-refractivity contribution in [2.45, 2.75) is 4.90 Å². The van der Waals surface area contributed by atoms with E-state index in [4.69, 9.17) is 10.00 Å². The van der Waals surface area contributed by atoms with Gasteiger partial charge in [0.15, 0.2) is 11.4 Å². The van der Waals surface area contributed by atoms with Crippen molar-refractivity contribution >= 4 is 23.4 Å². The van der Waals surface area contributed by atoms with Crippen molar-refractivity contribution in [2.24, 2.45) is 0 Å². The van der Waals surface area contributed by atoms with E-state index in [-0.39, 0.29) is 5.69 Å². The third-order valence-corrected chi connectivity index (χ3v) is 4.31. The van der Waals surface area contributed by atoms with Crippen LogP contribution in [0.4, 0.5) is 5.69 Å². The average Bonchev–Trinajstić information content (AvgIpc) is 2.69. The number of hydrogen-bond donors (Lipinski definition) is 2. The van der Waals surface area contributed by atoms with E-state index < -0.39 is 17.2 Å². The number of nitrogens with one attached hydrogen (secondary N) is 1. The van der Waals surface area contributed by atoms with Crippen LogP contribution < -0.4 is 15.6 Å². The summed E-state index contributed by atoms with van der Waals surface area (Å²) in [6.45, 7) is 0. The topological polar surface area (TPSA) is 117 Å². The number of aromatic nitrogens is 2. The monoisotopic (exact) mass is 394 g/mol. The minimum Gasteiger partial charge on any atom is -0.505 e. The maximum atomic E-state index is 12.6. The van der Waals surface area contributed by atoms with Crippen LogP contribution in [0, 0.1) is 10.7 Å². The zero-order chi connectivity index (χ0) is 20.1. The van der Waals surface area contributed by atoms with Crippen LogP contribution in [0.15, 0.2) is 64.3 Å². The summed E-state index contributed by atoms with van der Waals surface area (Å²) in [7, 11) is 1.45. The first-order valence-corrected chi connectivity index (χ1v) is 8.79. The molecule has 140 valence electrons. The minimum atomic E-state index is -0.693. The number of hydrogen-bond acceptors (Lipinski definition) is 7.